The number of allylic oxidation sites excluding steroid dienone is 4. The Bertz CT molecular complexity index is 232. The van der Waals surface area contributed by atoms with E-state index in [0.717, 1.165) is 13.0 Å². The molecule has 0 spiro atoms. The lowest BCUT2D eigenvalue weighted by molar-refractivity contribution is 0.949. The maximum atomic E-state index is 4.19. The van der Waals surface area contributed by atoms with Crippen LogP contribution in [0.2, 0.25) is 0 Å². The highest BCUT2D eigenvalue weighted by Crippen LogP contribution is 2.16. The van der Waals surface area contributed by atoms with E-state index < -0.39 is 0 Å². The third-order valence-electron chi connectivity index (χ3n) is 1.74. The molecule has 13 heavy (non-hydrogen) atoms. The van der Waals surface area contributed by atoms with Crippen molar-refractivity contribution in [3.05, 3.63) is 36.0 Å². The minimum absolute atomic E-state index is 0.914. The molecular weight excluding hydrogens is 158 g/mol. The number of rotatable bonds is 1. The molecule has 1 heteroatoms. The van der Waals surface area contributed by atoms with Crippen LogP contribution in [0.4, 0.5) is 0 Å². The zero-order valence-corrected chi connectivity index (χ0v) is 8.88. The molecule has 0 amide bonds. The molecule has 1 aliphatic rings. The monoisotopic (exact) mass is 177 g/mol. The lowest BCUT2D eigenvalue weighted by atomic mass is 10.0. The first-order chi connectivity index (χ1) is 6.38. The van der Waals surface area contributed by atoms with Gasteiger partial charge in [-0.05, 0) is 24.5 Å². The fourth-order valence-electron chi connectivity index (χ4n) is 1.16. The second-order valence-corrected chi connectivity index (χ2v) is 2.46. The molecule has 0 atom stereocenters. The Morgan fingerprint density at radius 1 is 1.46 bits per heavy atom. The number of hydrogen-bond acceptors (Lipinski definition) is 1. The maximum absolute atomic E-state index is 4.19. The molecule has 0 radical (unpaired) electrons. The minimum Gasteiger partial charge on any atom is -0.292 e. The van der Waals surface area contributed by atoms with Crippen molar-refractivity contribution in [1.29, 1.82) is 0 Å². The van der Waals surface area contributed by atoms with Gasteiger partial charge in [-0.25, -0.2) is 0 Å². The van der Waals surface area contributed by atoms with E-state index in [1.807, 2.05) is 33.1 Å². The predicted molar refractivity (Wildman–Crippen MR) is 61.4 cm³/mol. The van der Waals surface area contributed by atoms with Gasteiger partial charge in [0.05, 0.1) is 0 Å². The van der Waals surface area contributed by atoms with Crippen molar-refractivity contribution in [2.75, 3.05) is 6.54 Å². The van der Waals surface area contributed by atoms with E-state index in [1.165, 1.54) is 11.1 Å². The molecule has 0 bridgehead atoms. The first-order valence-corrected chi connectivity index (χ1v) is 4.86. The summed E-state index contributed by atoms with van der Waals surface area (Å²) in [6, 6.07) is 0. The summed E-state index contributed by atoms with van der Waals surface area (Å²) >= 11 is 0. The number of nitrogens with zero attached hydrogens (tertiary/aromatic N) is 1. The van der Waals surface area contributed by atoms with Crippen molar-refractivity contribution in [3.8, 4) is 0 Å². The van der Waals surface area contributed by atoms with Crippen LogP contribution in [0.25, 0.3) is 0 Å². The molecule has 0 unspecified atom stereocenters. The Labute approximate surface area is 81.6 Å². The Balaban J connectivity index is 0.000000671. The van der Waals surface area contributed by atoms with Gasteiger partial charge < -0.3 is 0 Å². The molecule has 0 saturated heterocycles. The molecule has 1 heterocycles. The molecule has 0 saturated carbocycles. The van der Waals surface area contributed by atoms with E-state index in [-0.39, 0.29) is 0 Å². The third kappa shape index (κ3) is 3.88. The van der Waals surface area contributed by atoms with Gasteiger partial charge in [0.1, 0.15) is 0 Å². The van der Waals surface area contributed by atoms with Gasteiger partial charge in [0.15, 0.2) is 0 Å². The average Bonchev–Trinajstić information content (AvgIpc) is 2.22. The van der Waals surface area contributed by atoms with E-state index in [4.69, 9.17) is 0 Å². The summed E-state index contributed by atoms with van der Waals surface area (Å²) in [6.45, 7) is 10.6. The van der Waals surface area contributed by atoms with Gasteiger partial charge in [-0.1, -0.05) is 38.7 Å². The second-order valence-electron chi connectivity index (χ2n) is 2.46. The van der Waals surface area contributed by atoms with Crippen molar-refractivity contribution in [2.24, 2.45) is 4.99 Å². The molecule has 0 aromatic rings. The summed E-state index contributed by atoms with van der Waals surface area (Å²) in [6.07, 6.45) is 8.94. The number of aliphatic imine (C=N–C) groups is 1. The number of hydrogen-bond donors (Lipinski definition) is 0. The van der Waals surface area contributed by atoms with E-state index in [9.17, 15) is 0 Å². The highest BCUT2D eigenvalue weighted by Gasteiger charge is 2.04. The zero-order chi connectivity index (χ0) is 10.1. The maximum Gasteiger partial charge on any atom is 0.0430 e. The Morgan fingerprint density at radius 2 is 2.15 bits per heavy atom. The fourth-order valence-corrected chi connectivity index (χ4v) is 1.16. The third-order valence-corrected chi connectivity index (χ3v) is 1.74. The minimum atomic E-state index is 0.914. The molecule has 0 fully saturated rings. The second kappa shape index (κ2) is 7.53. The van der Waals surface area contributed by atoms with Gasteiger partial charge in [0, 0.05) is 12.8 Å². The van der Waals surface area contributed by atoms with Crippen LogP contribution in [0, 0.1) is 0 Å². The molecule has 0 aromatic heterocycles. The summed E-state index contributed by atoms with van der Waals surface area (Å²) in [5.74, 6) is 0. The summed E-state index contributed by atoms with van der Waals surface area (Å²) < 4.78 is 0. The van der Waals surface area contributed by atoms with E-state index in [2.05, 4.69) is 23.7 Å². The van der Waals surface area contributed by atoms with Crippen LogP contribution >= 0.6 is 0 Å². The smallest absolute Gasteiger partial charge is 0.0430 e. The lowest BCUT2D eigenvalue weighted by Gasteiger charge is -2.10. The summed E-state index contributed by atoms with van der Waals surface area (Å²) in [7, 11) is 0. The van der Waals surface area contributed by atoms with Gasteiger partial charge in [0.25, 0.3) is 0 Å². The van der Waals surface area contributed by atoms with Gasteiger partial charge >= 0.3 is 0 Å². The average molecular weight is 177 g/mol. The first kappa shape index (κ1) is 11.9. The summed E-state index contributed by atoms with van der Waals surface area (Å²) in [5.41, 5.74) is 2.58. The first-order valence-electron chi connectivity index (χ1n) is 4.86. The van der Waals surface area contributed by atoms with E-state index in [1.54, 1.807) is 0 Å². The van der Waals surface area contributed by atoms with Crippen LogP contribution in [-0.4, -0.2) is 12.8 Å². The van der Waals surface area contributed by atoms with Crippen molar-refractivity contribution >= 4 is 6.21 Å². The molecule has 1 nitrogen and oxygen atoms in total. The van der Waals surface area contributed by atoms with Crippen LogP contribution in [0.1, 0.15) is 27.2 Å². The van der Waals surface area contributed by atoms with E-state index >= 15 is 0 Å². The Morgan fingerprint density at radius 3 is 2.69 bits per heavy atom. The van der Waals surface area contributed by atoms with Gasteiger partial charge in [-0.3, -0.25) is 4.99 Å². The van der Waals surface area contributed by atoms with Gasteiger partial charge in [0.2, 0.25) is 0 Å². The Kier molecular flexibility index (Phi) is 6.89. The van der Waals surface area contributed by atoms with E-state index in [0.29, 0.717) is 0 Å². The standard InChI is InChI=1S/C10H13N.C2H6/c1-3-5-10-6-7-11-8-9(10)4-2;1-2/h3-5,8H,1,6-7H2,2H3;1-2H3/b9-4-,10-5-;. The van der Waals surface area contributed by atoms with Gasteiger partial charge in [-0.15, -0.1) is 0 Å². The Hall–Kier alpha value is -1.11. The molecular formula is C12H19N. The van der Waals surface area contributed by atoms with Crippen LogP contribution in [-0.2, 0) is 0 Å². The van der Waals surface area contributed by atoms with Crippen molar-refractivity contribution in [3.63, 3.8) is 0 Å². The normalized spacial score (nSPS) is 21.2. The quantitative estimate of drug-likeness (QED) is 0.581. The van der Waals surface area contributed by atoms with Gasteiger partial charge in [-0.2, -0.15) is 0 Å². The predicted octanol–water partition coefficient (Wildman–Crippen LogP) is 3.55. The van der Waals surface area contributed by atoms with Crippen LogP contribution < -0.4 is 0 Å². The molecule has 72 valence electrons. The molecule has 1 aliphatic heterocycles. The lowest BCUT2D eigenvalue weighted by Crippen LogP contribution is -2.00. The van der Waals surface area contributed by atoms with Crippen molar-refractivity contribution in [2.45, 2.75) is 27.2 Å². The SMILES string of the molecule is C=C/C=C1/CCN=C/C1=C/C.CC. The van der Waals surface area contributed by atoms with Crippen molar-refractivity contribution < 1.29 is 0 Å². The summed E-state index contributed by atoms with van der Waals surface area (Å²) in [5, 5.41) is 0. The van der Waals surface area contributed by atoms with Crippen LogP contribution in [0.15, 0.2) is 40.9 Å². The highest BCUT2D eigenvalue weighted by molar-refractivity contribution is 5.85. The van der Waals surface area contributed by atoms with Crippen LogP contribution in [0.3, 0.4) is 0 Å². The van der Waals surface area contributed by atoms with Crippen molar-refractivity contribution in [1.82, 2.24) is 0 Å². The fraction of sp³-hybridized carbons (Fsp3) is 0.417. The molecule has 0 aliphatic carbocycles. The molecule has 1 rings (SSSR count). The highest BCUT2D eigenvalue weighted by atomic mass is 14.7. The molecule has 0 aromatic carbocycles. The summed E-state index contributed by atoms with van der Waals surface area (Å²) in [4.78, 5) is 4.19. The topological polar surface area (TPSA) is 12.4 Å². The molecule has 0 N–H and O–H groups in total. The van der Waals surface area contributed by atoms with Crippen LogP contribution in [0.5, 0.6) is 0 Å². The zero-order valence-electron chi connectivity index (χ0n) is 8.88. The largest absolute Gasteiger partial charge is 0.292 e.